The van der Waals surface area contributed by atoms with Crippen LogP contribution in [-0.4, -0.2) is 204 Å². The lowest BCUT2D eigenvalue weighted by molar-refractivity contribution is -0.142. The topological polar surface area (TPSA) is 526 Å². The van der Waals surface area contributed by atoms with E-state index in [9.17, 15) is 77.3 Å². The first-order valence-corrected chi connectivity index (χ1v) is 33.5. The molecule has 0 radical (unpaired) electrons. The van der Waals surface area contributed by atoms with Crippen molar-refractivity contribution in [3.05, 3.63) is 0 Å². The Morgan fingerprint density at radius 3 is 1.17 bits per heavy atom. The van der Waals surface area contributed by atoms with Gasteiger partial charge in [0, 0.05) is 19.2 Å². The van der Waals surface area contributed by atoms with Crippen molar-refractivity contribution in [1.29, 1.82) is 0 Å². The van der Waals surface area contributed by atoms with Gasteiger partial charge in [-0.15, -0.1) is 0 Å². The molecule has 548 valence electrons. The fourth-order valence-corrected chi connectivity index (χ4v) is 9.73. The third-order valence-corrected chi connectivity index (χ3v) is 16.0. The maximum Gasteiger partial charge on any atom is 0.327 e. The quantitative estimate of drug-likeness (QED) is 0.0122. The van der Waals surface area contributed by atoms with Gasteiger partial charge in [0.15, 0.2) is 5.96 Å². The van der Waals surface area contributed by atoms with Gasteiger partial charge >= 0.3 is 5.97 Å². The second-order valence-electron chi connectivity index (χ2n) is 25.8. The molecule has 21 N–H and O–H groups in total. The number of carbonyl (C=O) groups excluding carboxylic acids is 13. The summed E-state index contributed by atoms with van der Waals surface area (Å²) in [5.41, 5.74) is 16.6. The predicted molar refractivity (Wildman–Crippen MR) is 362 cm³/mol. The van der Waals surface area contributed by atoms with Gasteiger partial charge in [-0.3, -0.25) is 67.3 Å². The lowest BCUT2D eigenvalue weighted by Crippen LogP contribution is -2.62. The van der Waals surface area contributed by atoms with Crippen molar-refractivity contribution in [2.45, 2.75) is 222 Å². The molecule has 33 nitrogen and oxygen atoms in total. The van der Waals surface area contributed by atoms with E-state index in [1.807, 2.05) is 0 Å². The van der Waals surface area contributed by atoms with Crippen molar-refractivity contribution in [2.75, 3.05) is 38.5 Å². The molecule has 0 aliphatic heterocycles. The van der Waals surface area contributed by atoms with Gasteiger partial charge in [0.2, 0.25) is 76.8 Å². The van der Waals surface area contributed by atoms with Crippen LogP contribution in [0.1, 0.15) is 155 Å². The molecule has 0 saturated carbocycles. The molecule has 0 saturated heterocycles. The van der Waals surface area contributed by atoms with Gasteiger partial charge in [0.25, 0.3) is 0 Å². The van der Waals surface area contributed by atoms with Crippen LogP contribution in [0.25, 0.3) is 0 Å². The van der Waals surface area contributed by atoms with Crippen molar-refractivity contribution in [3.8, 4) is 0 Å². The van der Waals surface area contributed by atoms with E-state index in [0.29, 0.717) is 32.2 Å². The van der Waals surface area contributed by atoms with E-state index in [-0.39, 0.29) is 49.9 Å². The summed E-state index contributed by atoms with van der Waals surface area (Å²) in [5.74, 6) is -15.6. The van der Waals surface area contributed by atoms with E-state index < -0.39 is 204 Å². The van der Waals surface area contributed by atoms with Crippen LogP contribution in [0.4, 0.5) is 0 Å². The zero-order valence-corrected chi connectivity index (χ0v) is 59.4. The minimum absolute atomic E-state index is 0.0208. The van der Waals surface area contributed by atoms with Crippen LogP contribution >= 0.6 is 12.6 Å². The summed E-state index contributed by atoms with van der Waals surface area (Å²) in [7, 11) is 0. The molecule has 0 aliphatic carbocycles. The fourth-order valence-electron chi connectivity index (χ4n) is 9.48. The zero-order valence-electron chi connectivity index (χ0n) is 58.5. The van der Waals surface area contributed by atoms with Crippen molar-refractivity contribution in [2.24, 2.45) is 63.6 Å². The number of carbonyl (C=O) groups is 14. The van der Waals surface area contributed by atoms with E-state index in [1.165, 1.54) is 6.92 Å². The minimum atomic E-state index is -1.60. The molecule has 2 unspecified atom stereocenters. The Morgan fingerprint density at radius 1 is 0.427 bits per heavy atom. The lowest BCUT2D eigenvalue weighted by Gasteiger charge is -2.31. The summed E-state index contributed by atoms with van der Waals surface area (Å²) in [6, 6.07) is -14.2. The second kappa shape index (κ2) is 45.5. The van der Waals surface area contributed by atoms with Crippen molar-refractivity contribution in [1.82, 2.24) is 69.1 Å². The first-order valence-electron chi connectivity index (χ1n) is 32.9. The molecular weight excluding hydrogens is 1270 g/mol. The number of aliphatic hydroxyl groups is 1. The molecule has 96 heavy (non-hydrogen) atoms. The smallest absolute Gasteiger partial charge is 0.327 e. The SMILES string of the molecule is CCC(C)[C@@H](NC(=O)[C@H](NC(=O)[C@@H](CC(C)C)NC(=O)[C@@H](CO)NC(=O)CNC(=O)[C@@H](CCCCN)NC(C)=O)C(C)C)C(=O)N[C@H](CCCN=C(N)N)C(=O)NCC(=O)N[C@@H](C(=O)N[C@@H](C(=O)N[C@@H](C(=O)N[C@@H](C(=O)N[C@H](CS)C(=O)O)C(C)C)C(C)C)C(C)CC)C(C)C. The number of thiol groups is 1. The Balaban J connectivity index is 6.54. The van der Waals surface area contributed by atoms with Crippen LogP contribution in [0.2, 0.25) is 0 Å². The average molecular weight is 1380 g/mol. The number of unbranched alkanes of at least 4 members (excludes halogenated alkanes) is 1. The number of aliphatic imine (C=N–C) groups is 1. The number of guanidine groups is 1. The number of nitrogens with zero attached hydrogens (tertiary/aromatic N) is 1. The first-order chi connectivity index (χ1) is 44.8. The molecule has 0 spiro atoms. The van der Waals surface area contributed by atoms with Gasteiger partial charge in [-0.2, -0.15) is 12.6 Å². The number of hydrogen-bond acceptors (Lipinski definition) is 18. The van der Waals surface area contributed by atoms with Crippen molar-refractivity contribution < 1.29 is 77.3 Å². The van der Waals surface area contributed by atoms with Gasteiger partial charge in [0.1, 0.15) is 66.5 Å². The van der Waals surface area contributed by atoms with Gasteiger partial charge in [0.05, 0.1) is 19.7 Å². The summed E-state index contributed by atoms with van der Waals surface area (Å²) in [4.78, 5) is 192. The third kappa shape index (κ3) is 32.7. The molecule has 0 aromatic rings. The Labute approximate surface area is 569 Å². The normalized spacial score (nSPS) is 15.4. The summed E-state index contributed by atoms with van der Waals surface area (Å²) in [6.45, 7) is 22.8. The number of nitrogens with two attached hydrogens (primary N) is 3. The van der Waals surface area contributed by atoms with Crippen LogP contribution in [-0.2, 0) is 67.1 Å². The highest BCUT2D eigenvalue weighted by atomic mass is 32.1. The average Bonchev–Trinajstić information content (AvgIpc) is 0.889. The van der Waals surface area contributed by atoms with E-state index in [0.717, 1.165) is 0 Å². The zero-order chi connectivity index (χ0) is 73.9. The Kier molecular flexibility index (Phi) is 41.8. The molecule has 0 aliphatic rings. The minimum Gasteiger partial charge on any atom is -0.480 e. The molecule has 0 rings (SSSR count). The highest BCUT2D eigenvalue weighted by molar-refractivity contribution is 7.80. The summed E-state index contributed by atoms with van der Waals surface area (Å²) in [6.07, 6.45) is 2.10. The van der Waals surface area contributed by atoms with E-state index in [4.69, 9.17) is 17.2 Å². The van der Waals surface area contributed by atoms with Crippen molar-refractivity contribution >= 4 is 101 Å². The van der Waals surface area contributed by atoms with Crippen LogP contribution in [0.15, 0.2) is 4.99 Å². The molecule has 34 heteroatoms. The highest BCUT2D eigenvalue weighted by Crippen LogP contribution is 2.16. The van der Waals surface area contributed by atoms with Gasteiger partial charge in [-0.1, -0.05) is 110 Å². The fraction of sp³-hybridized carbons (Fsp3) is 0.758. The summed E-state index contributed by atoms with van der Waals surface area (Å²) in [5, 5.41) is 52.9. The molecule has 0 bridgehead atoms. The first kappa shape index (κ1) is 88.1. The third-order valence-electron chi connectivity index (χ3n) is 15.6. The molecule has 0 heterocycles. The maximum atomic E-state index is 14.4. The Bertz CT molecular complexity index is 2630. The van der Waals surface area contributed by atoms with E-state index >= 15 is 0 Å². The highest BCUT2D eigenvalue weighted by Gasteiger charge is 2.39. The number of aliphatic carboxylic acids is 1. The van der Waals surface area contributed by atoms with Crippen LogP contribution in [0.3, 0.4) is 0 Å². The maximum absolute atomic E-state index is 14.4. The molecule has 13 amide bonds. The standard InChI is InChI=1S/C62H113N17O16S/c1-16-35(13)49(78-58(91)47(33(9)10)75-53(86)40(25-30(3)4)72-54(87)41(28-80)70-43(82)26-67-51(84)38(69-37(15)81)21-18-19-23-63)59(92)71-39(22-20-24-66-62(64)65)52(85)68-27-44(83)74-45(31(5)6)56(89)79-50(36(14)17-2)60(93)77-48(34(11)12)57(90)76-46(32(7)8)55(88)73-42(29-96)61(94)95/h30-36,38-42,45-50,80,96H,16-29,63H2,1-15H3,(H,67,84)(H,68,85)(H,69,81)(H,70,82)(H,71,92)(H,72,87)(H,73,88)(H,74,83)(H,75,86)(H,76,90)(H,77,93)(H,78,91)(H,79,89)(H,94,95)(H4,64,65,66)/t35?,36?,38-,39-,40-,41-,42-,45-,46-,47-,48-,49-,50-/m1/s1. The van der Waals surface area contributed by atoms with Crippen molar-refractivity contribution in [3.63, 3.8) is 0 Å². The molecule has 0 aromatic heterocycles. The van der Waals surface area contributed by atoms with E-state index in [2.05, 4.69) is 86.7 Å². The molecular formula is C62H113N17O16S. The monoisotopic (exact) mass is 1380 g/mol. The number of carboxylic acid groups (broad SMARTS) is 1. The van der Waals surface area contributed by atoms with Gasteiger partial charge < -0.3 is 96.5 Å². The van der Waals surface area contributed by atoms with Crippen LogP contribution in [0.5, 0.6) is 0 Å². The number of carboxylic acids is 1. The van der Waals surface area contributed by atoms with Crippen LogP contribution < -0.4 is 86.3 Å². The number of amides is 13. The summed E-state index contributed by atoms with van der Waals surface area (Å²) < 4.78 is 0. The largest absolute Gasteiger partial charge is 0.480 e. The predicted octanol–water partition coefficient (Wildman–Crippen LogP) is -3.48. The molecule has 0 fully saturated rings. The van der Waals surface area contributed by atoms with E-state index in [1.54, 1.807) is 96.9 Å². The van der Waals surface area contributed by atoms with Gasteiger partial charge in [-0.05, 0) is 86.5 Å². The van der Waals surface area contributed by atoms with Crippen LogP contribution in [0, 0.1) is 41.4 Å². The molecule has 0 aromatic carbocycles. The number of hydrogen-bond donors (Lipinski definition) is 19. The Hall–Kier alpha value is -7.88. The van der Waals surface area contributed by atoms with Gasteiger partial charge in [-0.25, -0.2) is 4.79 Å². The Morgan fingerprint density at radius 2 is 0.781 bits per heavy atom. The number of aliphatic hydroxyl groups excluding tert-OH is 1. The number of nitrogens with one attached hydrogen (secondary N) is 13. The summed E-state index contributed by atoms with van der Waals surface area (Å²) >= 11 is 3.98. The lowest BCUT2D eigenvalue weighted by atomic mass is 9.95. The number of rotatable bonds is 46. The molecule has 13 atom stereocenters. The second-order valence-corrected chi connectivity index (χ2v) is 26.1.